The lowest BCUT2D eigenvalue weighted by molar-refractivity contribution is -0.122. The Labute approximate surface area is 145 Å². The Morgan fingerprint density at radius 2 is 2.08 bits per heavy atom. The molecule has 0 fully saturated rings. The molecule has 25 heavy (non-hydrogen) atoms. The first-order valence-corrected chi connectivity index (χ1v) is 7.95. The molecule has 130 valence electrons. The number of amides is 2. The summed E-state index contributed by atoms with van der Waals surface area (Å²) in [5.41, 5.74) is 12.8. The Hall–Kier alpha value is -2.93. The molecule has 0 saturated heterocycles. The molecule has 2 aromatic rings. The van der Waals surface area contributed by atoms with E-state index in [1.807, 2.05) is 37.2 Å². The van der Waals surface area contributed by atoms with Crippen LogP contribution in [0.1, 0.15) is 17.8 Å². The molecule has 1 atom stereocenters. The van der Waals surface area contributed by atoms with Gasteiger partial charge in [0.05, 0.1) is 23.0 Å². The van der Waals surface area contributed by atoms with E-state index in [0.717, 1.165) is 22.4 Å². The van der Waals surface area contributed by atoms with Crippen molar-refractivity contribution in [2.45, 2.75) is 18.4 Å². The van der Waals surface area contributed by atoms with Crippen molar-refractivity contribution in [1.82, 2.24) is 14.9 Å². The Bertz CT molecular complexity index is 909. The van der Waals surface area contributed by atoms with Gasteiger partial charge in [0.25, 0.3) is 0 Å². The molecular formula is C18H21N5O2. The second-order valence-corrected chi connectivity index (χ2v) is 6.55. The van der Waals surface area contributed by atoms with Gasteiger partial charge in [0.2, 0.25) is 11.8 Å². The van der Waals surface area contributed by atoms with E-state index in [4.69, 9.17) is 11.5 Å². The molecule has 1 aliphatic carbocycles. The van der Waals surface area contributed by atoms with E-state index in [9.17, 15) is 9.59 Å². The van der Waals surface area contributed by atoms with Gasteiger partial charge >= 0.3 is 0 Å². The van der Waals surface area contributed by atoms with Crippen LogP contribution in [0.4, 0.5) is 0 Å². The number of fused-ring (bicyclic) bond motifs is 1. The Kier molecular flexibility index (Phi) is 4.18. The number of carbonyl (C=O) groups excluding carboxylic acids is 2. The first-order valence-electron chi connectivity index (χ1n) is 7.95. The second-order valence-electron chi connectivity index (χ2n) is 6.55. The summed E-state index contributed by atoms with van der Waals surface area (Å²) in [6, 6.07) is 5.60. The number of hydrogen-bond acceptors (Lipinski definition) is 4. The summed E-state index contributed by atoms with van der Waals surface area (Å²) in [6.45, 7) is 0.690. The lowest BCUT2D eigenvalue weighted by Crippen LogP contribution is -2.40. The number of nitrogens with one attached hydrogen (secondary N) is 1. The molecule has 0 saturated carbocycles. The van der Waals surface area contributed by atoms with Crippen LogP contribution in [-0.2, 0) is 21.5 Å². The average Bonchev–Trinajstić information content (AvgIpc) is 2.94. The van der Waals surface area contributed by atoms with E-state index < -0.39 is 17.2 Å². The highest BCUT2D eigenvalue weighted by Gasteiger charge is 2.37. The van der Waals surface area contributed by atoms with Crippen molar-refractivity contribution in [3.8, 4) is 0 Å². The highest BCUT2D eigenvalue weighted by atomic mass is 16.1. The van der Waals surface area contributed by atoms with Crippen molar-refractivity contribution in [2.24, 2.45) is 11.5 Å². The molecule has 1 unspecified atom stereocenters. The molecule has 2 amide bonds. The van der Waals surface area contributed by atoms with E-state index >= 15 is 0 Å². The minimum Gasteiger partial charge on any atom is -0.369 e. The van der Waals surface area contributed by atoms with Crippen LogP contribution in [0.5, 0.6) is 0 Å². The summed E-state index contributed by atoms with van der Waals surface area (Å²) >= 11 is 0. The summed E-state index contributed by atoms with van der Waals surface area (Å²) in [4.78, 5) is 33.4. The first-order chi connectivity index (χ1) is 11.8. The fourth-order valence-electron chi connectivity index (χ4n) is 3.08. The second kappa shape index (κ2) is 6.18. The van der Waals surface area contributed by atoms with Gasteiger partial charge < -0.3 is 21.4 Å². The summed E-state index contributed by atoms with van der Waals surface area (Å²) in [7, 11) is 3.94. The smallest absolute Gasteiger partial charge is 0.248 e. The van der Waals surface area contributed by atoms with E-state index in [1.165, 1.54) is 0 Å². The predicted molar refractivity (Wildman–Crippen MR) is 95.4 cm³/mol. The highest BCUT2D eigenvalue weighted by molar-refractivity contribution is 5.97. The number of primary amides is 2. The third-order valence-corrected chi connectivity index (χ3v) is 4.43. The van der Waals surface area contributed by atoms with E-state index in [1.54, 1.807) is 18.2 Å². The number of aromatic nitrogens is 2. The van der Waals surface area contributed by atoms with Gasteiger partial charge in [-0.15, -0.1) is 0 Å². The molecule has 7 nitrogen and oxygen atoms in total. The predicted octanol–water partition coefficient (Wildman–Crippen LogP) is 0.719. The quantitative estimate of drug-likeness (QED) is 0.743. The van der Waals surface area contributed by atoms with Crippen molar-refractivity contribution >= 4 is 22.8 Å². The summed E-state index contributed by atoms with van der Waals surface area (Å²) < 4.78 is 0. The van der Waals surface area contributed by atoms with Crippen LogP contribution in [0.3, 0.4) is 0 Å². The maximum Gasteiger partial charge on any atom is 0.248 e. The topological polar surface area (TPSA) is 118 Å². The van der Waals surface area contributed by atoms with E-state index in [2.05, 4.69) is 9.97 Å². The molecular weight excluding hydrogens is 318 g/mol. The van der Waals surface area contributed by atoms with Crippen molar-refractivity contribution < 1.29 is 9.59 Å². The highest BCUT2D eigenvalue weighted by Crippen LogP contribution is 2.35. The Balaban J connectivity index is 2.02. The van der Waals surface area contributed by atoms with E-state index in [-0.39, 0.29) is 0 Å². The molecule has 1 heterocycles. The largest absolute Gasteiger partial charge is 0.369 e. The fourth-order valence-corrected chi connectivity index (χ4v) is 3.08. The molecule has 1 aliphatic rings. The van der Waals surface area contributed by atoms with Crippen molar-refractivity contribution in [2.75, 3.05) is 14.1 Å². The maximum atomic E-state index is 12.2. The zero-order valence-corrected chi connectivity index (χ0v) is 14.2. The number of rotatable bonds is 5. The monoisotopic (exact) mass is 339 g/mol. The standard InChI is InChI=1S/C18H21N5O2/c1-23(2)10-15-21-13-4-3-12(9-14(13)22-15)18(17(20)25)7-5-11(6-8-18)16(19)24/h3-7,9H,8,10H2,1-2H3,(H2,19,24)(H2,20,25)(H,21,22). The van der Waals surface area contributed by atoms with Gasteiger partial charge in [-0.1, -0.05) is 24.3 Å². The van der Waals surface area contributed by atoms with Crippen LogP contribution in [0.25, 0.3) is 11.0 Å². The van der Waals surface area contributed by atoms with Gasteiger partial charge in [-0.2, -0.15) is 0 Å². The number of nitrogens with zero attached hydrogens (tertiary/aromatic N) is 2. The zero-order valence-electron chi connectivity index (χ0n) is 14.2. The molecule has 1 aromatic carbocycles. The summed E-state index contributed by atoms with van der Waals surface area (Å²) in [5.74, 6) is -0.150. The lowest BCUT2D eigenvalue weighted by Gasteiger charge is -2.29. The van der Waals surface area contributed by atoms with Crippen LogP contribution in [0.2, 0.25) is 0 Å². The van der Waals surface area contributed by atoms with Gasteiger partial charge in [0.1, 0.15) is 5.82 Å². The van der Waals surface area contributed by atoms with Crippen LogP contribution in [0.15, 0.2) is 42.0 Å². The van der Waals surface area contributed by atoms with Crippen LogP contribution in [0, 0.1) is 0 Å². The number of benzene rings is 1. The molecule has 1 aromatic heterocycles. The van der Waals surface area contributed by atoms with Crippen LogP contribution in [-0.4, -0.2) is 40.8 Å². The fraction of sp³-hybridized carbons (Fsp3) is 0.278. The van der Waals surface area contributed by atoms with Crippen LogP contribution < -0.4 is 11.5 Å². The zero-order chi connectivity index (χ0) is 18.2. The number of hydrogen-bond donors (Lipinski definition) is 3. The number of H-pyrrole nitrogens is 1. The number of carbonyl (C=O) groups is 2. The van der Waals surface area contributed by atoms with Gasteiger partial charge in [-0.3, -0.25) is 9.59 Å². The van der Waals surface area contributed by atoms with Crippen molar-refractivity contribution in [1.29, 1.82) is 0 Å². The van der Waals surface area contributed by atoms with Gasteiger partial charge in [-0.05, 0) is 38.2 Å². The Morgan fingerprint density at radius 1 is 1.32 bits per heavy atom. The Morgan fingerprint density at radius 3 is 2.64 bits per heavy atom. The lowest BCUT2D eigenvalue weighted by atomic mass is 9.73. The number of imidazole rings is 1. The minimum absolute atomic E-state index is 0.293. The molecule has 0 bridgehead atoms. The average molecular weight is 339 g/mol. The molecule has 0 radical (unpaired) electrons. The number of allylic oxidation sites excluding steroid dienone is 1. The SMILES string of the molecule is CN(C)Cc1nc2ccc(C3(C(N)=O)C=CC(C(N)=O)=CC3)cc2[nH]1. The normalized spacial score (nSPS) is 20.0. The van der Waals surface area contributed by atoms with E-state index in [0.29, 0.717) is 18.5 Å². The molecule has 0 spiro atoms. The number of aromatic amines is 1. The third kappa shape index (κ3) is 3.06. The van der Waals surface area contributed by atoms with Crippen LogP contribution >= 0.6 is 0 Å². The molecule has 3 rings (SSSR count). The summed E-state index contributed by atoms with van der Waals surface area (Å²) in [6.07, 6.45) is 5.17. The van der Waals surface area contributed by atoms with Gasteiger partial charge in [0.15, 0.2) is 0 Å². The maximum absolute atomic E-state index is 12.2. The minimum atomic E-state index is -1.00. The third-order valence-electron chi connectivity index (χ3n) is 4.43. The van der Waals surface area contributed by atoms with Gasteiger partial charge in [-0.25, -0.2) is 4.98 Å². The first kappa shape index (κ1) is 16.9. The number of nitrogens with two attached hydrogens (primary N) is 2. The van der Waals surface area contributed by atoms with Gasteiger partial charge in [0, 0.05) is 5.57 Å². The van der Waals surface area contributed by atoms with Crippen molar-refractivity contribution in [3.63, 3.8) is 0 Å². The molecule has 0 aliphatic heterocycles. The summed E-state index contributed by atoms with van der Waals surface area (Å²) in [5, 5.41) is 0. The van der Waals surface area contributed by atoms with Crippen molar-refractivity contribution in [3.05, 3.63) is 53.4 Å². The molecule has 7 heteroatoms. The molecule has 5 N–H and O–H groups in total.